The van der Waals surface area contributed by atoms with Gasteiger partial charge in [0.2, 0.25) is 5.91 Å². The minimum atomic E-state index is -0.769. The molecule has 2 amide bonds. The molecule has 7 heteroatoms. The van der Waals surface area contributed by atoms with Crippen LogP contribution in [0.25, 0.3) is 0 Å². The first kappa shape index (κ1) is 21.1. The van der Waals surface area contributed by atoms with Crippen LogP contribution >= 0.6 is 0 Å². The van der Waals surface area contributed by atoms with Crippen LogP contribution in [-0.4, -0.2) is 35.2 Å². The topological polar surface area (TPSA) is 133 Å². The number of carbonyl (C=O) groups excluding carboxylic acids is 2. The van der Waals surface area contributed by atoms with E-state index >= 15 is 0 Å². The van der Waals surface area contributed by atoms with Gasteiger partial charge in [-0.25, -0.2) is 4.79 Å². The van der Waals surface area contributed by atoms with Gasteiger partial charge in [0, 0.05) is 11.6 Å². The van der Waals surface area contributed by atoms with Crippen LogP contribution in [0.1, 0.15) is 48.5 Å². The molecule has 0 aromatic heterocycles. The predicted molar refractivity (Wildman–Crippen MR) is 79.9 cm³/mol. The Morgan fingerprint density at radius 3 is 1.60 bits per heavy atom. The molecular formula is C13H30N4O3. The zero-order valence-electron chi connectivity index (χ0n) is 13.6. The molecule has 0 fully saturated rings. The molecule has 120 valence electrons. The number of imide groups is 1. The summed E-state index contributed by atoms with van der Waals surface area (Å²) in [6.07, 6.45) is -0.769. The second-order valence-corrected chi connectivity index (χ2v) is 6.39. The Bertz CT molecular complexity index is 315. The highest BCUT2D eigenvalue weighted by Gasteiger charge is 2.19. The Hall–Kier alpha value is -1.18. The van der Waals surface area contributed by atoms with Crippen LogP contribution in [0.4, 0.5) is 4.79 Å². The van der Waals surface area contributed by atoms with Gasteiger partial charge in [-0.05, 0) is 48.5 Å². The van der Waals surface area contributed by atoms with E-state index in [1.165, 1.54) is 6.92 Å². The third-order valence-electron chi connectivity index (χ3n) is 2.21. The molecule has 0 spiro atoms. The molecule has 7 N–H and O–H groups in total. The summed E-state index contributed by atoms with van der Waals surface area (Å²) in [6, 6.07) is -0.639. The third kappa shape index (κ3) is 13.3. The smallest absolute Gasteiger partial charge is 0.414 e. The third-order valence-corrected chi connectivity index (χ3v) is 2.21. The number of hydrogen-bond acceptors (Lipinski definition) is 6. The average Bonchev–Trinajstić information content (AvgIpc) is 2.13. The standard InChI is InChI=1S/C8H16N2O3.C5H14N2/c1-5(9)6(11)10-7(12)13-8(2,3)4;1-4(6)5(2,3)7/h5H,9H2,1-4H3,(H,10,11,12);4H,6-7H2,1-3H3/t5-;/m0./s1. The zero-order chi connectivity index (χ0) is 16.7. The van der Waals surface area contributed by atoms with Crippen molar-refractivity contribution in [3.63, 3.8) is 0 Å². The molecule has 0 aliphatic heterocycles. The minimum absolute atomic E-state index is 0.0764. The second-order valence-electron chi connectivity index (χ2n) is 6.39. The number of amides is 2. The van der Waals surface area contributed by atoms with Gasteiger partial charge in [0.15, 0.2) is 0 Å². The Labute approximate surface area is 121 Å². The van der Waals surface area contributed by atoms with E-state index in [0.29, 0.717) is 0 Å². The predicted octanol–water partition coefficient (Wildman–Crippen LogP) is 0.456. The molecule has 0 aliphatic carbocycles. The highest BCUT2D eigenvalue weighted by molar-refractivity contribution is 5.94. The van der Waals surface area contributed by atoms with E-state index in [9.17, 15) is 9.59 Å². The maximum Gasteiger partial charge on any atom is 0.414 e. The van der Waals surface area contributed by atoms with E-state index in [0.717, 1.165) is 0 Å². The summed E-state index contributed by atoms with van der Waals surface area (Å²) >= 11 is 0. The summed E-state index contributed by atoms with van der Waals surface area (Å²) in [4.78, 5) is 21.9. The molecule has 0 saturated carbocycles. The van der Waals surface area contributed by atoms with Crippen LogP contribution in [0.2, 0.25) is 0 Å². The average molecular weight is 290 g/mol. The first-order valence-electron chi connectivity index (χ1n) is 6.50. The van der Waals surface area contributed by atoms with E-state index in [2.05, 4.69) is 0 Å². The van der Waals surface area contributed by atoms with Crippen molar-refractivity contribution >= 4 is 12.0 Å². The lowest BCUT2D eigenvalue weighted by Crippen LogP contribution is -2.48. The Balaban J connectivity index is 0. The first-order valence-corrected chi connectivity index (χ1v) is 6.50. The fourth-order valence-corrected chi connectivity index (χ4v) is 0.518. The minimum Gasteiger partial charge on any atom is -0.444 e. The van der Waals surface area contributed by atoms with Gasteiger partial charge in [-0.15, -0.1) is 0 Å². The number of nitrogens with one attached hydrogen (secondary N) is 1. The summed E-state index contributed by atoms with van der Waals surface area (Å²) in [5, 5.41) is 2.01. The van der Waals surface area contributed by atoms with Crippen LogP contribution in [-0.2, 0) is 9.53 Å². The molecular weight excluding hydrogens is 260 g/mol. The highest BCUT2D eigenvalue weighted by atomic mass is 16.6. The van der Waals surface area contributed by atoms with Crippen molar-refractivity contribution in [3.05, 3.63) is 0 Å². The van der Waals surface area contributed by atoms with Crippen LogP contribution in [0.15, 0.2) is 0 Å². The van der Waals surface area contributed by atoms with Crippen LogP contribution in [0, 0.1) is 0 Å². The van der Waals surface area contributed by atoms with E-state index < -0.39 is 23.6 Å². The Morgan fingerprint density at radius 2 is 1.40 bits per heavy atom. The van der Waals surface area contributed by atoms with Crippen molar-refractivity contribution < 1.29 is 14.3 Å². The summed E-state index contributed by atoms with van der Waals surface area (Å²) in [6.45, 7) is 12.4. The monoisotopic (exact) mass is 290 g/mol. The van der Waals surface area contributed by atoms with Gasteiger partial charge in [-0.1, -0.05) is 0 Å². The van der Waals surface area contributed by atoms with Crippen molar-refractivity contribution in [2.75, 3.05) is 0 Å². The molecule has 0 aromatic rings. The van der Waals surface area contributed by atoms with Crippen molar-refractivity contribution in [2.24, 2.45) is 17.2 Å². The largest absolute Gasteiger partial charge is 0.444 e. The van der Waals surface area contributed by atoms with Crippen LogP contribution in [0.3, 0.4) is 0 Å². The summed E-state index contributed by atoms with van der Waals surface area (Å²) in [5.74, 6) is -0.547. The van der Waals surface area contributed by atoms with E-state index in [1.807, 2.05) is 26.1 Å². The van der Waals surface area contributed by atoms with E-state index in [1.54, 1.807) is 20.8 Å². The second kappa shape index (κ2) is 8.18. The van der Waals surface area contributed by atoms with Crippen molar-refractivity contribution in [1.82, 2.24) is 5.32 Å². The van der Waals surface area contributed by atoms with E-state index in [4.69, 9.17) is 21.9 Å². The molecule has 0 saturated heterocycles. The number of hydrogen-bond donors (Lipinski definition) is 4. The summed E-state index contributed by atoms with van der Waals surface area (Å²) in [7, 11) is 0. The lowest BCUT2D eigenvalue weighted by Gasteiger charge is -2.22. The fourth-order valence-electron chi connectivity index (χ4n) is 0.518. The SMILES string of the molecule is CC(N)C(C)(C)N.C[C@H](N)C(=O)NC(=O)OC(C)(C)C. The number of ether oxygens (including phenoxy) is 1. The molecule has 7 nitrogen and oxygen atoms in total. The van der Waals surface area contributed by atoms with Gasteiger partial charge in [0.05, 0.1) is 6.04 Å². The van der Waals surface area contributed by atoms with Gasteiger partial charge >= 0.3 is 6.09 Å². The van der Waals surface area contributed by atoms with Crippen molar-refractivity contribution in [3.8, 4) is 0 Å². The van der Waals surface area contributed by atoms with E-state index in [-0.39, 0.29) is 11.6 Å². The molecule has 1 unspecified atom stereocenters. The fraction of sp³-hybridized carbons (Fsp3) is 0.846. The zero-order valence-corrected chi connectivity index (χ0v) is 13.6. The first-order chi connectivity index (χ1) is 8.66. The number of rotatable bonds is 2. The Kier molecular flexibility index (Phi) is 8.64. The number of alkyl carbamates (subject to hydrolysis) is 1. The van der Waals surface area contributed by atoms with Crippen molar-refractivity contribution in [1.29, 1.82) is 0 Å². The van der Waals surface area contributed by atoms with Gasteiger partial charge in [-0.2, -0.15) is 0 Å². The van der Waals surface area contributed by atoms with Crippen LogP contribution in [0.5, 0.6) is 0 Å². The van der Waals surface area contributed by atoms with Crippen LogP contribution < -0.4 is 22.5 Å². The summed E-state index contributed by atoms with van der Waals surface area (Å²) < 4.78 is 4.83. The lowest BCUT2D eigenvalue weighted by atomic mass is 9.99. The maximum atomic E-state index is 11.0. The number of nitrogens with two attached hydrogens (primary N) is 3. The molecule has 0 heterocycles. The normalized spacial score (nSPS) is 14.5. The quantitative estimate of drug-likeness (QED) is 0.583. The molecule has 0 aromatic carbocycles. The highest BCUT2D eigenvalue weighted by Crippen LogP contribution is 2.06. The molecule has 0 rings (SSSR count). The molecule has 0 bridgehead atoms. The maximum absolute atomic E-state index is 11.0. The molecule has 20 heavy (non-hydrogen) atoms. The van der Waals surface area contributed by atoms with Gasteiger partial charge in [-0.3, -0.25) is 10.1 Å². The van der Waals surface area contributed by atoms with Gasteiger partial charge < -0.3 is 21.9 Å². The molecule has 0 radical (unpaired) electrons. The number of carbonyl (C=O) groups is 2. The van der Waals surface area contributed by atoms with Gasteiger partial charge in [0.25, 0.3) is 0 Å². The van der Waals surface area contributed by atoms with Crippen molar-refractivity contribution in [2.45, 2.75) is 71.7 Å². The Morgan fingerprint density at radius 1 is 1.05 bits per heavy atom. The molecule has 0 aliphatic rings. The lowest BCUT2D eigenvalue weighted by molar-refractivity contribution is -0.121. The summed E-state index contributed by atoms with van der Waals surface area (Å²) in [5.41, 5.74) is 15.4. The molecule has 2 atom stereocenters. The van der Waals surface area contributed by atoms with Gasteiger partial charge in [0.1, 0.15) is 5.60 Å².